The molecule has 0 aliphatic heterocycles. The molecule has 1 amide bonds. The van der Waals surface area contributed by atoms with Gasteiger partial charge in [0.15, 0.2) is 0 Å². The van der Waals surface area contributed by atoms with Gasteiger partial charge in [-0.3, -0.25) is 10.2 Å². The lowest BCUT2D eigenvalue weighted by Crippen LogP contribution is -2.37. The third-order valence-corrected chi connectivity index (χ3v) is 2.47. The molecular weight excluding hydrogens is 326 g/mol. The highest BCUT2D eigenvalue weighted by atomic mass is 79.9. The van der Waals surface area contributed by atoms with Gasteiger partial charge in [-0.1, -0.05) is 31.9 Å². The van der Waals surface area contributed by atoms with Crippen molar-refractivity contribution < 1.29 is 4.79 Å². The highest BCUT2D eigenvalue weighted by molar-refractivity contribution is 9.11. The van der Waals surface area contributed by atoms with Crippen LogP contribution in [0.25, 0.3) is 0 Å². The molecule has 3 N–H and O–H groups in total. The van der Waals surface area contributed by atoms with E-state index in [0.717, 1.165) is 14.5 Å². The molecule has 80 valence electrons. The van der Waals surface area contributed by atoms with Crippen LogP contribution in [0.4, 0.5) is 0 Å². The molecular formula is C9H9Br2N3O. The van der Waals surface area contributed by atoms with Crippen LogP contribution in [0.2, 0.25) is 0 Å². The van der Waals surface area contributed by atoms with Crippen LogP contribution in [0, 0.1) is 5.41 Å². The van der Waals surface area contributed by atoms with E-state index in [2.05, 4.69) is 42.7 Å². The number of benzene rings is 1. The highest BCUT2D eigenvalue weighted by Crippen LogP contribution is 2.19. The fraction of sp³-hybridized carbons (Fsp3) is 0.111. The van der Waals surface area contributed by atoms with Crippen LogP contribution in [0.15, 0.2) is 27.1 Å². The topological polar surface area (TPSA) is 65.0 Å². The second kappa shape index (κ2) is 5.99. The maximum atomic E-state index is 10.7. The molecule has 0 atom stereocenters. The summed E-state index contributed by atoms with van der Waals surface area (Å²) < 4.78 is 1.93. The highest BCUT2D eigenvalue weighted by Gasteiger charge is 1.98. The van der Waals surface area contributed by atoms with Gasteiger partial charge in [-0.2, -0.15) is 0 Å². The zero-order chi connectivity index (χ0) is 11.3. The zero-order valence-corrected chi connectivity index (χ0v) is 10.9. The molecule has 1 aromatic carbocycles. The van der Waals surface area contributed by atoms with E-state index in [1.807, 2.05) is 18.2 Å². The van der Waals surface area contributed by atoms with Crippen molar-refractivity contribution in [3.8, 4) is 0 Å². The summed E-state index contributed by atoms with van der Waals surface area (Å²) in [4.78, 5) is 10.7. The molecule has 0 heterocycles. The molecule has 0 unspecified atom stereocenters. The summed E-state index contributed by atoms with van der Waals surface area (Å²) in [5.41, 5.74) is 6.09. The summed E-state index contributed by atoms with van der Waals surface area (Å²) >= 11 is 6.73. The van der Waals surface area contributed by atoms with Gasteiger partial charge < -0.3 is 5.41 Å². The number of carbonyl (C=O) groups excluding carboxylic acids is 1. The van der Waals surface area contributed by atoms with Crippen molar-refractivity contribution in [1.29, 1.82) is 5.41 Å². The molecule has 0 saturated carbocycles. The number of hydrogen-bond acceptors (Lipinski definition) is 3. The van der Waals surface area contributed by atoms with Crippen molar-refractivity contribution in [1.82, 2.24) is 10.9 Å². The van der Waals surface area contributed by atoms with Crippen molar-refractivity contribution >= 4 is 44.0 Å². The summed E-state index contributed by atoms with van der Waals surface area (Å²) in [5.74, 6) is -0.468. The lowest BCUT2D eigenvalue weighted by molar-refractivity contribution is -0.115. The van der Waals surface area contributed by atoms with Crippen molar-refractivity contribution in [2.24, 2.45) is 0 Å². The van der Waals surface area contributed by atoms with Crippen molar-refractivity contribution in [3.63, 3.8) is 0 Å². The van der Waals surface area contributed by atoms with Crippen LogP contribution in [0.1, 0.15) is 5.56 Å². The van der Waals surface area contributed by atoms with Gasteiger partial charge in [0.1, 0.15) is 0 Å². The first-order valence-corrected chi connectivity index (χ1v) is 5.68. The number of hydrogen-bond donors (Lipinski definition) is 3. The molecule has 1 rings (SSSR count). The molecule has 0 radical (unpaired) electrons. The Labute approximate surface area is 104 Å². The summed E-state index contributed by atoms with van der Waals surface area (Å²) in [6.07, 6.45) is 0.712. The van der Waals surface area contributed by atoms with E-state index < -0.39 is 5.91 Å². The van der Waals surface area contributed by atoms with Crippen LogP contribution < -0.4 is 10.9 Å². The van der Waals surface area contributed by atoms with Crippen LogP contribution in [0.5, 0.6) is 0 Å². The van der Waals surface area contributed by atoms with Crippen molar-refractivity contribution in [2.45, 2.75) is 6.54 Å². The Kier molecular flexibility index (Phi) is 4.93. The Balaban J connectivity index is 2.50. The average Bonchev–Trinajstić information content (AvgIpc) is 2.16. The summed E-state index contributed by atoms with van der Waals surface area (Å²) in [7, 11) is 0. The van der Waals surface area contributed by atoms with E-state index in [4.69, 9.17) is 5.41 Å². The average molecular weight is 335 g/mol. The maximum absolute atomic E-state index is 10.7. The quantitative estimate of drug-likeness (QED) is 0.582. The Morgan fingerprint density at radius 3 is 2.47 bits per heavy atom. The number of amides is 1. The zero-order valence-electron chi connectivity index (χ0n) is 7.68. The second-order valence-corrected chi connectivity index (χ2v) is 4.60. The lowest BCUT2D eigenvalue weighted by Gasteiger charge is -2.05. The monoisotopic (exact) mass is 333 g/mol. The predicted octanol–water partition coefficient (Wildman–Crippen LogP) is 1.98. The summed E-state index contributed by atoms with van der Waals surface area (Å²) in [6, 6.07) is 5.81. The maximum Gasteiger partial charge on any atom is 0.275 e. The van der Waals surface area contributed by atoms with Gasteiger partial charge >= 0.3 is 0 Å². The third-order valence-electron chi connectivity index (χ3n) is 1.56. The van der Waals surface area contributed by atoms with Gasteiger partial charge in [0, 0.05) is 15.5 Å². The van der Waals surface area contributed by atoms with Gasteiger partial charge in [-0.05, 0) is 23.8 Å². The Bertz CT molecular complexity index is 361. The molecule has 4 nitrogen and oxygen atoms in total. The molecule has 6 heteroatoms. The summed E-state index contributed by atoms with van der Waals surface area (Å²) in [5, 5.41) is 6.67. The fourth-order valence-electron chi connectivity index (χ4n) is 0.982. The van der Waals surface area contributed by atoms with Gasteiger partial charge in [0.2, 0.25) is 0 Å². The Morgan fingerprint density at radius 1 is 1.33 bits per heavy atom. The largest absolute Gasteiger partial charge is 0.303 e. The standard InChI is InChI=1S/C9H9Br2N3O/c10-7-1-6(2-8(11)3-7)5-13-14-9(15)4-12/h1-4,12-13H,5H2,(H,14,15). The van der Waals surface area contributed by atoms with E-state index in [1.165, 1.54) is 0 Å². The summed E-state index contributed by atoms with van der Waals surface area (Å²) in [6.45, 7) is 0.498. The second-order valence-electron chi connectivity index (χ2n) is 2.76. The van der Waals surface area contributed by atoms with Crippen LogP contribution >= 0.6 is 31.9 Å². The number of rotatable bonds is 4. The minimum Gasteiger partial charge on any atom is -0.303 e. The normalized spacial score (nSPS) is 9.73. The van der Waals surface area contributed by atoms with Crippen LogP contribution in [-0.2, 0) is 11.3 Å². The Morgan fingerprint density at radius 2 is 1.93 bits per heavy atom. The molecule has 0 aliphatic carbocycles. The first kappa shape index (κ1) is 12.4. The SMILES string of the molecule is N=CC(=O)NNCc1cc(Br)cc(Br)c1. The molecule has 0 aliphatic rings. The molecule has 1 aromatic rings. The molecule has 15 heavy (non-hydrogen) atoms. The van der Waals surface area contributed by atoms with E-state index in [0.29, 0.717) is 12.8 Å². The lowest BCUT2D eigenvalue weighted by atomic mass is 10.2. The number of halogens is 2. The van der Waals surface area contributed by atoms with Gasteiger partial charge in [0.25, 0.3) is 5.91 Å². The minimum absolute atomic E-state index is 0.468. The van der Waals surface area contributed by atoms with Gasteiger partial charge in [-0.25, -0.2) is 5.43 Å². The number of carbonyl (C=O) groups is 1. The first-order chi connectivity index (χ1) is 7.11. The predicted molar refractivity (Wildman–Crippen MR) is 65.6 cm³/mol. The van der Waals surface area contributed by atoms with E-state index >= 15 is 0 Å². The molecule has 0 saturated heterocycles. The van der Waals surface area contributed by atoms with Gasteiger partial charge in [0.05, 0.1) is 6.21 Å². The molecule has 0 fully saturated rings. The van der Waals surface area contributed by atoms with Crippen molar-refractivity contribution in [2.75, 3.05) is 0 Å². The van der Waals surface area contributed by atoms with Crippen LogP contribution in [0.3, 0.4) is 0 Å². The van der Waals surface area contributed by atoms with E-state index in [1.54, 1.807) is 0 Å². The van der Waals surface area contributed by atoms with Gasteiger partial charge in [-0.15, -0.1) is 0 Å². The van der Waals surface area contributed by atoms with E-state index in [-0.39, 0.29) is 0 Å². The minimum atomic E-state index is -0.468. The smallest absolute Gasteiger partial charge is 0.275 e. The molecule has 0 aromatic heterocycles. The third kappa shape index (κ3) is 4.55. The Hall–Kier alpha value is -0.720. The fourth-order valence-corrected chi connectivity index (χ4v) is 2.37. The van der Waals surface area contributed by atoms with Crippen molar-refractivity contribution in [3.05, 3.63) is 32.7 Å². The van der Waals surface area contributed by atoms with Crippen LogP contribution in [-0.4, -0.2) is 12.1 Å². The van der Waals surface area contributed by atoms with E-state index in [9.17, 15) is 4.79 Å². The molecule has 0 bridgehead atoms. The first-order valence-electron chi connectivity index (χ1n) is 4.10. The number of hydrazine groups is 1. The number of nitrogens with one attached hydrogen (secondary N) is 3. The molecule has 0 spiro atoms.